The van der Waals surface area contributed by atoms with Crippen molar-refractivity contribution in [3.63, 3.8) is 0 Å². The molecule has 5 nitrogen and oxygen atoms in total. The van der Waals surface area contributed by atoms with Gasteiger partial charge < -0.3 is 10.8 Å². The lowest BCUT2D eigenvalue weighted by molar-refractivity contribution is 0.279. The first kappa shape index (κ1) is 15.9. The van der Waals surface area contributed by atoms with Crippen LogP contribution >= 0.6 is 0 Å². The predicted octanol–water partition coefficient (Wildman–Crippen LogP) is 1.16. The number of anilines is 1. The summed E-state index contributed by atoms with van der Waals surface area (Å²) in [7, 11) is -3.74. The van der Waals surface area contributed by atoms with Gasteiger partial charge in [-0.15, -0.1) is 0 Å². The van der Waals surface area contributed by atoms with Crippen molar-refractivity contribution < 1.29 is 17.9 Å². The van der Waals surface area contributed by atoms with Gasteiger partial charge in [0.2, 0.25) is 10.0 Å². The van der Waals surface area contributed by atoms with Gasteiger partial charge in [-0.05, 0) is 44.4 Å². The number of aliphatic hydroxyl groups is 1. The van der Waals surface area contributed by atoms with E-state index in [-0.39, 0.29) is 23.2 Å². The van der Waals surface area contributed by atoms with Crippen LogP contribution in [-0.2, 0) is 10.0 Å². The van der Waals surface area contributed by atoms with E-state index in [4.69, 9.17) is 10.8 Å². The van der Waals surface area contributed by atoms with Crippen molar-refractivity contribution in [3.8, 4) is 0 Å². The predicted molar refractivity (Wildman–Crippen MR) is 71.7 cm³/mol. The van der Waals surface area contributed by atoms with Gasteiger partial charge in [-0.25, -0.2) is 17.5 Å². The number of aliphatic hydroxyl groups excluding tert-OH is 1. The van der Waals surface area contributed by atoms with E-state index < -0.39 is 15.8 Å². The molecule has 1 atom stereocenters. The van der Waals surface area contributed by atoms with Gasteiger partial charge in [-0.1, -0.05) is 0 Å². The number of nitrogen functional groups attached to an aromatic ring is 1. The van der Waals surface area contributed by atoms with Crippen LogP contribution in [0.3, 0.4) is 0 Å². The first-order chi connectivity index (χ1) is 8.77. The Bertz CT molecular complexity index is 546. The summed E-state index contributed by atoms with van der Waals surface area (Å²) in [6.07, 6.45) is 1.03. The van der Waals surface area contributed by atoms with Crippen LogP contribution in [0.25, 0.3) is 0 Å². The lowest BCUT2D eigenvalue weighted by Gasteiger charge is -2.15. The lowest BCUT2D eigenvalue weighted by atomic mass is 10.2. The zero-order valence-electron chi connectivity index (χ0n) is 11.0. The van der Waals surface area contributed by atoms with Crippen molar-refractivity contribution in [2.75, 3.05) is 12.3 Å². The molecule has 1 rings (SSSR count). The Morgan fingerprint density at radius 1 is 1.47 bits per heavy atom. The Morgan fingerprint density at radius 2 is 2.11 bits per heavy atom. The van der Waals surface area contributed by atoms with Crippen molar-refractivity contribution in [1.29, 1.82) is 0 Å². The lowest BCUT2D eigenvalue weighted by Crippen LogP contribution is -2.33. The molecule has 1 aromatic rings. The summed E-state index contributed by atoms with van der Waals surface area (Å²) in [5.41, 5.74) is 5.50. The SMILES string of the molecule is Cc1cc(F)c(N)cc1S(=O)(=O)NC(C)CCCO. The van der Waals surface area contributed by atoms with Gasteiger partial charge in [-0.3, -0.25) is 0 Å². The summed E-state index contributed by atoms with van der Waals surface area (Å²) >= 11 is 0. The normalized spacial score (nSPS) is 13.5. The van der Waals surface area contributed by atoms with Gasteiger partial charge in [0, 0.05) is 12.6 Å². The maximum Gasteiger partial charge on any atom is 0.241 e. The third-order valence-electron chi connectivity index (χ3n) is 2.74. The molecular formula is C12H19FN2O3S. The van der Waals surface area contributed by atoms with Crippen LogP contribution in [-0.4, -0.2) is 26.2 Å². The minimum absolute atomic E-state index is 0.00852. The van der Waals surface area contributed by atoms with E-state index in [0.29, 0.717) is 18.4 Å². The Labute approximate surface area is 112 Å². The van der Waals surface area contributed by atoms with E-state index in [1.807, 2.05) is 0 Å². The zero-order chi connectivity index (χ0) is 14.6. The summed E-state index contributed by atoms with van der Waals surface area (Å²) in [6, 6.07) is 1.90. The van der Waals surface area contributed by atoms with Crippen molar-refractivity contribution in [3.05, 3.63) is 23.5 Å². The van der Waals surface area contributed by atoms with Crippen LogP contribution in [0.15, 0.2) is 17.0 Å². The van der Waals surface area contributed by atoms with E-state index in [1.54, 1.807) is 6.92 Å². The molecule has 7 heteroatoms. The fourth-order valence-corrected chi connectivity index (χ4v) is 3.28. The molecular weight excluding hydrogens is 271 g/mol. The van der Waals surface area contributed by atoms with E-state index >= 15 is 0 Å². The molecule has 4 N–H and O–H groups in total. The molecule has 0 aliphatic carbocycles. The number of hydrogen-bond donors (Lipinski definition) is 3. The second kappa shape index (κ2) is 6.31. The zero-order valence-corrected chi connectivity index (χ0v) is 11.8. The van der Waals surface area contributed by atoms with Gasteiger partial charge in [-0.2, -0.15) is 0 Å². The molecule has 0 radical (unpaired) electrons. The molecule has 0 aliphatic heterocycles. The van der Waals surface area contributed by atoms with Crippen molar-refractivity contribution in [2.45, 2.75) is 37.6 Å². The van der Waals surface area contributed by atoms with E-state index in [1.165, 1.54) is 6.92 Å². The molecule has 0 bridgehead atoms. The highest BCUT2D eigenvalue weighted by Crippen LogP contribution is 2.21. The number of rotatable bonds is 6. The fourth-order valence-electron chi connectivity index (χ4n) is 1.74. The molecule has 108 valence electrons. The first-order valence-corrected chi connectivity index (χ1v) is 7.45. The molecule has 19 heavy (non-hydrogen) atoms. The number of nitrogens with two attached hydrogens (primary N) is 1. The smallest absolute Gasteiger partial charge is 0.241 e. The maximum absolute atomic E-state index is 13.2. The molecule has 0 amide bonds. The highest BCUT2D eigenvalue weighted by Gasteiger charge is 2.20. The highest BCUT2D eigenvalue weighted by molar-refractivity contribution is 7.89. The highest BCUT2D eigenvalue weighted by atomic mass is 32.2. The van der Waals surface area contributed by atoms with E-state index in [2.05, 4.69) is 4.72 Å². The Hall–Kier alpha value is -1.18. The molecule has 0 aliphatic rings. The third-order valence-corrected chi connectivity index (χ3v) is 4.47. The summed E-state index contributed by atoms with van der Waals surface area (Å²) in [6.45, 7) is 3.22. The third kappa shape index (κ3) is 4.15. The summed E-state index contributed by atoms with van der Waals surface area (Å²) in [5, 5.41) is 8.71. The number of benzene rings is 1. The molecule has 0 fully saturated rings. The maximum atomic E-state index is 13.2. The van der Waals surface area contributed by atoms with Gasteiger partial charge >= 0.3 is 0 Å². The molecule has 1 aromatic carbocycles. The number of nitrogens with one attached hydrogen (secondary N) is 1. The van der Waals surface area contributed by atoms with E-state index in [0.717, 1.165) is 12.1 Å². The Morgan fingerprint density at radius 3 is 2.68 bits per heavy atom. The molecule has 0 heterocycles. The number of halogens is 1. The second-order valence-electron chi connectivity index (χ2n) is 4.53. The van der Waals surface area contributed by atoms with Crippen LogP contribution in [0.2, 0.25) is 0 Å². The molecule has 0 saturated heterocycles. The number of sulfonamides is 1. The molecule has 1 unspecified atom stereocenters. The Kier molecular flexibility index (Phi) is 5.28. The van der Waals surface area contributed by atoms with Crippen LogP contribution in [0, 0.1) is 12.7 Å². The van der Waals surface area contributed by atoms with Crippen molar-refractivity contribution in [2.24, 2.45) is 0 Å². The van der Waals surface area contributed by atoms with Gasteiger partial charge in [0.15, 0.2) is 0 Å². The Balaban J connectivity index is 2.98. The van der Waals surface area contributed by atoms with Crippen LogP contribution in [0.4, 0.5) is 10.1 Å². The molecule has 0 aromatic heterocycles. The minimum atomic E-state index is -3.74. The summed E-state index contributed by atoms with van der Waals surface area (Å²) < 4.78 is 40.0. The molecule has 0 spiro atoms. The summed E-state index contributed by atoms with van der Waals surface area (Å²) in [4.78, 5) is -0.0257. The largest absolute Gasteiger partial charge is 0.396 e. The van der Waals surface area contributed by atoms with Gasteiger partial charge in [0.25, 0.3) is 0 Å². The number of hydrogen-bond acceptors (Lipinski definition) is 4. The van der Waals surface area contributed by atoms with Crippen molar-refractivity contribution in [1.82, 2.24) is 4.72 Å². The monoisotopic (exact) mass is 290 g/mol. The quantitative estimate of drug-likeness (QED) is 0.685. The van der Waals surface area contributed by atoms with E-state index in [9.17, 15) is 12.8 Å². The number of aryl methyl sites for hydroxylation is 1. The minimum Gasteiger partial charge on any atom is -0.396 e. The fraction of sp³-hybridized carbons (Fsp3) is 0.500. The topological polar surface area (TPSA) is 92.4 Å². The van der Waals surface area contributed by atoms with Gasteiger partial charge in [0.1, 0.15) is 5.82 Å². The van der Waals surface area contributed by atoms with Crippen molar-refractivity contribution >= 4 is 15.7 Å². The molecule has 0 saturated carbocycles. The average molecular weight is 290 g/mol. The summed E-state index contributed by atoms with van der Waals surface area (Å²) in [5.74, 6) is -0.634. The second-order valence-corrected chi connectivity index (χ2v) is 6.21. The van der Waals surface area contributed by atoms with Crippen LogP contribution in [0.1, 0.15) is 25.3 Å². The standard InChI is InChI=1S/C12H19FN2O3S/c1-8-6-10(13)11(14)7-12(8)19(17,18)15-9(2)4-3-5-16/h6-7,9,15-16H,3-5,14H2,1-2H3. The first-order valence-electron chi connectivity index (χ1n) is 5.96. The van der Waals surface area contributed by atoms with Gasteiger partial charge in [0.05, 0.1) is 10.6 Å². The van der Waals surface area contributed by atoms with Crippen LogP contribution in [0.5, 0.6) is 0 Å². The average Bonchev–Trinajstić information content (AvgIpc) is 2.30. The van der Waals surface area contributed by atoms with Crippen LogP contribution < -0.4 is 10.5 Å².